The monoisotopic (exact) mass is 454 g/mol. The molecule has 1 unspecified atom stereocenters. The summed E-state index contributed by atoms with van der Waals surface area (Å²) in [6.07, 6.45) is 5.51. The molecule has 2 aliphatic heterocycles. The molecule has 2 aromatic carbocycles. The first-order valence-electron chi connectivity index (χ1n) is 11.5. The maximum absolute atomic E-state index is 5.52. The van der Waals surface area contributed by atoms with Crippen LogP contribution in [0.3, 0.4) is 0 Å². The van der Waals surface area contributed by atoms with Gasteiger partial charge in [-0.25, -0.2) is 15.0 Å². The first-order chi connectivity index (χ1) is 16.8. The quantitative estimate of drug-likeness (QED) is 0.412. The third-order valence-electron chi connectivity index (χ3n) is 6.54. The standard InChI is InChI=1S/C26H26N6O2/c1-2-21(20-6-4-3-5-7-20)30-10-12-31(13-11-30)25-24-26(28-16-27-25)32(17-29-24)15-19-8-9-22-23(14-19)34-18-33-22/h2-9,14,16-17,21H,1,10-13,15,18H2. The summed E-state index contributed by atoms with van der Waals surface area (Å²) in [4.78, 5) is 18.6. The van der Waals surface area contributed by atoms with E-state index in [4.69, 9.17) is 14.5 Å². The molecule has 1 fully saturated rings. The van der Waals surface area contributed by atoms with Gasteiger partial charge in [0.05, 0.1) is 18.9 Å². The van der Waals surface area contributed by atoms with Gasteiger partial charge in [-0.3, -0.25) is 4.90 Å². The third-order valence-corrected chi connectivity index (χ3v) is 6.54. The fraction of sp³-hybridized carbons (Fsp3) is 0.269. The van der Waals surface area contributed by atoms with E-state index < -0.39 is 0 Å². The van der Waals surface area contributed by atoms with Crippen molar-refractivity contribution in [1.82, 2.24) is 24.4 Å². The molecule has 8 nitrogen and oxygen atoms in total. The van der Waals surface area contributed by atoms with Gasteiger partial charge in [0.1, 0.15) is 6.33 Å². The minimum Gasteiger partial charge on any atom is -0.454 e. The van der Waals surface area contributed by atoms with Gasteiger partial charge in [-0.15, -0.1) is 6.58 Å². The Balaban J connectivity index is 1.20. The molecule has 8 heteroatoms. The molecule has 172 valence electrons. The van der Waals surface area contributed by atoms with E-state index in [0.29, 0.717) is 6.54 Å². The number of piperazine rings is 1. The second-order valence-electron chi connectivity index (χ2n) is 8.54. The minimum atomic E-state index is 0.217. The summed E-state index contributed by atoms with van der Waals surface area (Å²) in [6.45, 7) is 8.60. The molecule has 2 aromatic heterocycles. The van der Waals surface area contributed by atoms with Gasteiger partial charge >= 0.3 is 0 Å². The smallest absolute Gasteiger partial charge is 0.231 e. The number of ether oxygens (including phenoxy) is 2. The van der Waals surface area contributed by atoms with Gasteiger partial charge in [-0.1, -0.05) is 42.5 Å². The van der Waals surface area contributed by atoms with E-state index >= 15 is 0 Å². The molecule has 4 aromatic rings. The van der Waals surface area contributed by atoms with Crippen LogP contribution in [0.4, 0.5) is 5.82 Å². The normalized spacial score (nSPS) is 16.6. The number of imidazole rings is 1. The van der Waals surface area contributed by atoms with E-state index in [-0.39, 0.29) is 12.8 Å². The molecule has 0 saturated carbocycles. The molecule has 0 aliphatic carbocycles. The Morgan fingerprint density at radius 1 is 0.941 bits per heavy atom. The molecular formula is C26H26N6O2. The van der Waals surface area contributed by atoms with E-state index in [2.05, 4.69) is 55.2 Å². The minimum absolute atomic E-state index is 0.217. The van der Waals surface area contributed by atoms with Crippen LogP contribution in [0.5, 0.6) is 11.5 Å². The highest BCUT2D eigenvalue weighted by molar-refractivity contribution is 5.83. The van der Waals surface area contributed by atoms with Crippen LogP contribution in [-0.2, 0) is 6.54 Å². The van der Waals surface area contributed by atoms with E-state index in [1.54, 1.807) is 6.33 Å². The molecule has 2 aliphatic rings. The lowest BCUT2D eigenvalue weighted by molar-refractivity contribution is 0.174. The molecule has 0 N–H and O–H groups in total. The average Bonchev–Trinajstić information content (AvgIpc) is 3.52. The van der Waals surface area contributed by atoms with E-state index in [0.717, 1.165) is 60.2 Å². The zero-order valence-corrected chi connectivity index (χ0v) is 18.9. The van der Waals surface area contributed by atoms with Crippen molar-refractivity contribution < 1.29 is 9.47 Å². The number of anilines is 1. The number of benzene rings is 2. The van der Waals surface area contributed by atoms with Crippen molar-refractivity contribution in [3.8, 4) is 11.5 Å². The summed E-state index contributed by atoms with van der Waals surface area (Å²) in [5.74, 6) is 2.46. The maximum atomic E-state index is 5.52. The van der Waals surface area contributed by atoms with Crippen LogP contribution in [0.25, 0.3) is 11.2 Å². The SMILES string of the molecule is C=CC(c1ccccc1)N1CCN(c2ncnc3c2ncn3Cc2ccc3c(c2)OCO3)CC1. The summed E-state index contributed by atoms with van der Waals surface area (Å²) in [5.41, 5.74) is 4.05. The van der Waals surface area contributed by atoms with Crippen molar-refractivity contribution in [3.63, 3.8) is 0 Å². The van der Waals surface area contributed by atoms with Gasteiger partial charge in [0.25, 0.3) is 0 Å². The Labute approximate surface area is 198 Å². The average molecular weight is 455 g/mol. The predicted octanol–water partition coefficient (Wildman–Crippen LogP) is 3.65. The molecule has 0 bridgehead atoms. The lowest BCUT2D eigenvalue weighted by Crippen LogP contribution is -2.47. The van der Waals surface area contributed by atoms with Crippen molar-refractivity contribution in [2.24, 2.45) is 0 Å². The lowest BCUT2D eigenvalue weighted by atomic mass is 10.0. The summed E-state index contributed by atoms with van der Waals surface area (Å²) in [5, 5.41) is 0. The topological polar surface area (TPSA) is 68.5 Å². The highest BCUT2D eigenvalue weighted by atomic mass is 16.7. The van der Waals surface area contributed by atoms with Crippen LogP contribution in [0, 0.1) is 0 Å². The van der Waals surface area contributed by atoms with Crippen molar-refractivity contribution in [2.75, 3.05) is 37.9 Å². The van der Waals surface area contributed by atoms with Crippen LogP contribution in [-0.4, -0.2) is 57.4 Å². The zero-order valence-electron chi connectivity index (χ0n) is 18.9. The number of hydrogen-bond acceptors (Lipinski definition) is 7. The Morgan fingerprint density at radius 3 is 2.59 bits per heavy atom. The largest absolute Gasteiger partial charge is 0.454 e. The van der Waals surface area contributed by atoms with Crippen molar-refractivity contribution in [3.05, 3.63) is 85.0 Å². The fourth-order valence-corrected chi connectivity index (χ4v) is 4.81. The van der Waals surface area contributed by atoms with Crippen LogP contribution in [0.1, 0.15) is 17.2 Å². The molecule has 0 radical (unpaired) electrons. The fourth-order valence-electron chi connectivity index (χ4n) is 4.81. The predicted molar refractivity (Wildman–Crippen MR) is 130 cm³/mol. The molecule has 1 saturated heterocycles. The highest BCUT2D eigenvalue weighted by Crippen LogP contribution is 2.33. The maximum Gasteiger partial charge on any atom is 0.231 e. The van der Waals surface area contributed by atoms with Gasteiger partial charge in [0, 0.05) is 26.2 Å². The molecular weight excluding hydrogens is 428 g/mol. The molecule has 0 spiro atoms. The Hall–Kier alpha value is -3.91. The Kier molecular flexibility index (Phi) is 5.35. The van der Waals surface area contributed by atoms with Gasteiger partial charge in [0.2, 0.25) is 6.79 Å². The van der Waals surface area contributed by atoms with E-state index in [1.165, 1.54) is 5.56 Å². The lowest BCUT2D eigenvalue weighted by Gasteiger charge is -2.38. The molecule has 34 heavy (non-hydrogen) atoms. The Morgan fingerprint density at radius 2 is 1.76 bits per heavy atom. The number of nitrogens with zero attached hydrogens (tertiary/aromatic N) is 6. The molecule has 6 rings (SSSR count). The van der Waals surface area contributed by atoms with Gasteiger partial charge in [-0.05, 0) is 23.3 Å². The van der Waals surface area contributed by atoms with Gasteiger partial charge < -0.3 is 18.9 Å². The number of fused-ring (bicyclic) bond motifs is 2. The van der Waals surface area contributed by atoms with Crippen LogP contribution >= 0.6 is 0 Å². The summed E-state index contributed by atoms with van der Waals surface area (Å²) in [7, 11) is 0. The summed E-state index contributed by atoms with van der Waals surface area (Å²) >= 11 is 0. The number of rotatable bonds is 6. The van der Waals surface area contributed by atoms with Gasteiger partial charge in [0.15, 0.2) is 28.5 Å². The van der Waals surface area contributed by atoms with Crippen molar-refractivity contribution >= 4 is 17.0 Å². The van der Waals surface area contributed by atoms with Crippen LogP contribution < -0.4 is 14.4 Å². The molecule has 0 amide bonds. The first-order valence-corrected chi connectivity index (χ1v) is 11.5. The zero-order chi connectivity index (χ0) is 22.9. The van der Waals surface area contributed by atoms with Crippen molar-refractivity contribution in [2.45, 2.75) is 12.6 Å². The third kappa shape index (κ3) is 3.76. The van der Waals surface area contributed by atoms with Gasteiger partial charge in [-0.2, -0.15) is 0 Å². The number of hydrogen-bond donors (Lipinski definition) is 0. The molecule has 1 atom stereocenters. The second-order valence-corrected chi connectivity index (χ2v) is 8.54. The first kappa shape index (κ1) is 20.7. The molecule has 4 heterocycles. The van der Waals surface area contributed by atoms with Crippen molar-refractivity contribution in [1.29, 1.82) is 0 Å². The summed E-state index contributed by atoms with van der Waals surface area (Å²) in [6, 6.07) is 16.8. The highest BCUT2D eigenvalue weighted by Gasteiger charge is 2.25. The van der Waals surface area contributed by atoms with E-state index in [1.807, 2.05) is 36.7 Å². The van der Waals surface area contributed by atoms with Crippen LogP contribution in [0.15, 0.2) is 73.8 Å². The second kappa shape index (κ2) is 8.79. The van der Waals surface area contributed by atoms with E-state index in [9.17, 15) is 0 Å². The Bertz CT molecular complexity index is 1310. The summed E-state index contributed by atoms with van der Waals surface area (Å²) < 4.78 is 13.0. The number of aromatic nitrogens is 4. The van der Waals surface area contributed by atoms with Crippen LogP contribution in [0.2, 0.25) is 0 Å².